The van der Waals surface area contributed by atoms with Gasteiger partial charge in [0.1, 0.15) is 5.54 Å². The molecule has 2 N–H and O–H groups in total. The van der Waals surface area contributed by atoms with Crippen LogP contribution in [0.3, 0.4) is 0 Å². The number of nitrogens with zero attached hydrogens (tertiary/aromatic N) is 1. The van der Waals surface area contributed by atoms with Crippen LogP contribution >= 0.6 is 0 Å². The SMILES string of the molecule is CCC1(c2cccc([N+](=O)[O-])c2)NC(=O)NC1=O. The van der Waals surface area contributed by atoms with Crippen molar-refractivity contribution in [2.24, 2.45) is 0 Å². The van der Waals surface area contributed by atoms with E-state index in [0.717, 1.165) is 0 Å². The molecule has 94 valence electrons. The summed E-state index contributed by atoms with van der Waals surface area (Å²) in [5, 5.41) is 15.4. The minimum absolute atomic E-state index is 0.116. The maximum atomic E-state index is 11.9. The van der Waals surface area contributed by atoms with E-state index >= 15 is 0 Å². The second-order valence-electron chi connectivity index (χ2n) is 3.97. The first kappa shape index (κ1) is 12.0. The highest BCUT2D eigenvalue weighted by Crippen LogP contribution is 2.30. The molecule has 7 heteroatoms. The van der Waals surface area contributed by atoms with Crippen LogP contribution in [0.15, 0.2) is 24.3 Å². The van der Waals surface area contributed by atoms with Crippen LogP contribution in [-0.4, -0.2) is 16.9 Å². The van der Waals surface area contributed by atoms with Gasteiger partial charge in [-0.2, -0.15) is 0 Å². The summed E-state index contributed by atoms with van der Waals surface area (Å²) in [6.45, 7) is 1.73. The third-order valence-electron chi connectivity index (χ3n) is 3.02. The van der Waals surface area contributed by atoms with E-state index in [-0.39, 0.29) is 5.69 Å². The van der Waals surface area contributed by atoms with E-state index in [1.54, 1.807) is 13.0 Å². The van der Waals surface area contributed by atoms with Gasteiger partial charge in [-0.1, -0.05) is 19.1 Å². The zero-order chi connectivity index (χ0) is 13.3. The summed E-state index contributed by atoms with van der Waals surface area (Å²) < 4.78 is 0. The Labute approximate surface area is 102 Å². The van der Waals surface area contributed by atoms with Crippen LogP contribution in [0.5, 0.6) is 0 Å². The second-order valence-corrected chi connectivity index (χ2v) is 3.97. The first-order valence-corrected chi connectivity index (χ1v) is 5.38. The van der Waals surface area contributed by atoms with Crippen LogP contribution in [0.25, 0.3) is 0 Å². The molecule has 1 unspecified atom stereocenters. The van der Waals surface area contributed by atoms with Gasteiger partial charge in [0.05, 0.1) is 4.92 Å². The smallest absolute Gasteiger partial charge is 0.319 e. The van der Waals surface area contributed by atoms with Gasteiger partial charge in [-0.15, -0.1) is 0 Å². The molecule has 1 aliphatic heterocycles. The normalized spacial score (nSPS) is 22.5. The average Bonchev–Trinajstić information content (AvgIpc) is 2.65. The van der Waals surface area contributed by atoms with Gasteiger partial charge < -0.3 is 5.32 Å². The van der Waals surface area contributed by atoms with Crippen molar-refractivity contribution in [1.29, 1.82) is 0 Å². The molecule has 1 heterocycles. The van der Waals surface area contributed by atoms with Gasteiger partial charge in [0.25, 0.3) is 11.6 Å². The fourth-order valence-corrected chi connectivity index (χ4v) is 2.03. The molecule has 1 aliphatic rings. The average molecular weight is 249 g/mol. The summed E-state index contributed by atoms with van der Waals surface area (Å²) in [6.07, 6.45) is 0.311. The lowest BCUT2D eigenvalue weighted by Crippen LogP contribution is -2.43. The first-order chi connectivity index (χ1) is 8.49. The van der Waals surface area contributed by atoms with Crippen molar-refractivity contribution in [1.82, 2.24) is 10.6 Å². The number of urea groups is 1. The summed E-state index contributed by atoms with van der Waals surface area (Å²) in [5.41, 5.74) is -0.930. The van der Waals surface area contributed by atoms with Crippen molar-refractivity contribution in [3.63, 3.8) is 0 Å². The zero-order valence-electron chi connectivity index (χ0n) is 9.60. The van der Waals surface area contributed by atoms with Crippen LogP contribution in [0.2, 0.25) is 0 Å². The van der Waals surface area contributed by atoms with Crippen molar-refractivity contribution < 1.29 is 14.5 Å². The number of benzene rings is 1. The fraction of sp³-hybridized carbons (Fsp3) is 0.273. The number of imide groups is 1. The van der Waals surface area contributed by atoms with E-state index in [4.69, 9.17) is 0 Å². The second kappa shape index (κ2) is 4.10. The predicted octanol–water partition coefficient (Wildman–Crippen LogP) is 1.04. The number of carbonyl (C=O) groups is 2. The van der Waals surface area contributed by atoms with Gasteiger partial charge in [0.2, 0.25) is 0 Å². The Morgan fingerprint density at radius 3 is 2.61 bits per heavy atom. The summed E-state index contributed by atoms with van der Waals surface area (Å²) in [6, 6.07) is 5.12. The monoisotopic (exact) mass is 249 g/mol. The Kier molecular flexibility index (Phi) is 2.74. The molecule has 0 aromatic heterocycles. The zero-order valence-corrected chi connectivity index (χ0v) is 9.60. The topological polar surface area (TPSA) is 101 Å². The van der Waals surface area contributed by atoms with Crippen LogP contribution in [0, 0.1) is 10.1 Å². The molecule has 0 aliphatic carbocycles. The Balaban J connectivity index is 2.51. The van der Waals surface area contributed by atoms with Crippen molar-refractivity contribution in [3.05, 3.63) is 39.9 Å². The highest BCUT2D eigenvalue weighted by molar-refractivity contribution is 6.07. The van der Waals surface area contributed by atoms with E-state index in [9.17, 15) is 19.7 Å². The molecule has 2 rings (SSSR count). The van der Waals surface area contributed by atoms with Gasteiger partial charge in [-0.05, 0) is 12.0 Å². The molecule has 0 spiro atoms. The van der Waals surface area contributed by atoms with E-state index in [0.29, 0.717) is 12.0 Å². The van der Waals surface area contributed by atoms with Crippen LogP contribution in [0.1, 0.15) is 18.9 Å². The number of nitro benzene ring substituents is 1. The number of nitro groups is 1. The number of hydrogen-bond acceptors (Lipinski definition) is 4. The van der Waals surface area contributed by atoms with Crippen LogP contribution in [-0.2, 0) is 10.3 Å². The summed E-state index contributed by atoms with van der Waals surface area (Å²) in [7, 11) is 0. The van der Waals surface area contributed by atoms with Crippen LogP contribution < -0.4 is 10.6 Å². The molecule has 0 bridgehead atoms. The highest BCUT2D eigenvalue weighted by atomic mass is 16.6. The van der Waals surface area contributed by atoms with Gasteiger partial charge >= 0.3 is 6.03 Å². The van der Waals surface area contributed by atoms with Gasteiger partial charge in [-0.3, -0.25) is 20.2 Å². The number of non-ortho nitro benzene ring substituents is 1. The Morgan fingerprint density at radius 1 is 1.39 bits per heavy atom. The highest BCUT2D eigenvalue weighted by Gasteiger charge is 2.46. The molecule has 18 heavy (non-hydrogen) atoms. The van der Waals surface area contributed by atoms with E-state index in [1.807, 2.05) is 0 Å². The maximum Gasteiger partial charge on any atom is 0.322 e. The standard InChI is InChI=1S/C11H11N3O4/c1-2-11(9(15)12-10(16)13-11)7-4-3-5-8(6-7)14(17)18/h3-6H,2H2,1H3,(H2,12,13,15,16). The molecule has 0 radical (unpaired) electrons. The van der Waals surface area contributed by atoms with Gasteiger partial charge in [-0.25, -0.2) is 4.79 Å². The predicted molar refractivity (Wildman–Crippen MR) is 61.7 cm³/mol. The number of nitrogens with one attached hydrogen (secondary N) is 2. The number of amides is 3. The summed E-state index contributed by atoms with van der Waals surface area (Å²) in [4.78, 5) is 33.3. The molecule has 1 saturated heterocycles. The molecule has 7 nitrogen and oxygen atoms in total. The van der Waals surface area contributed by atoms with Crippen molar-refractivity contribution in [2.75, 3.05) is 0 Å². The number of rotatable bonds is 3. The molecule has 3 amide bonds. The third-order valence-corrected chi connectivity index (χ3v) is 3.02. The lowest BCUT2D eigenvalue weighted by molar-refractivity contribution is -0.385. The summed E-state index contributed by atoms with van der Waals surface area (Å²) >= 11 is 0. The van der Waals surface area contributed by atoms with E-state index in [2.05, 4.69) is 10.6 Å². The molecule has 1 aromatic carbocycles. The van der Waals surface area contributed by atoms with E-state index < -0.39 is 22.4 Å². The van der Waals surface area contributed by atoms with Crippen molar-refractivity contribution >= 4 is 17.6 Å². The fourth-order valence-electron chi connectivity index (χ4n) is 2.03. The number of hydrogen-bond donors (Lipinski definition) is 2. The van der Waals surface area contributed by atoms with Crippen molar-refractivity contribution in [2.45, 2.75) is 18.9 Å². The third kappa shape index (κ3) is 1.69. The minimum atomic E-state index is -1.22. The molecular weight excluding hydrogens is 238 g/mol. The quantitative estimate of drug-likeness (QED) is 0.474. The van der Waals surface area contributed by atoms with Crippen LogP contribution in [0.4, 0.5) is 10.5 Å². The Morgan fingerprint density at radius 2 is 2.11 bits per heavy atom. The molecule has 1 atom stereocenters. The molecular formula is C11H11N3O4. The molecule has 0 saturated carbocycles. The van der Waals surface area contributed by atoms with E-state index in [1.165, 1.54) is 18.2 Å². The lowest BCUT2D eigenvalue weighted by atomic mass is 9.87. The first-order valence-electron chi connectivity index (χ1n) is 5.38. The molecule has 1 fully saturated rings. The van der Waals surface area contributed by atoms with Crippen molar-refractivity contribution in [3.8, 4) is 0 Å². The summed E-state index contributed by atoms with van der Waals surface area (Å²) in [5.74, 6) is -0.490. The largest absolute Gasteiger partial charge is 0.322 e. The van der Waals surface area contributed by atoms with Gasteiger partial charge in [0, 0.05) is 12.1 Å². The Hall–Kier alpha value is -2.44. The minimum Gasteiger partial charge on any atom is -0.319 e. The molecule has 1 aromatic rings. The number of carbonyl (C=O) groups excluding carboxylic acids is 2. The Bertz CT molecular complexity index is 543. The van der Waals surface area contributed by atoms with Gasteiger partial charge in [0.15, 0.2) is 0 Å². The lowest BCUT2D eigenvalue weighted by Gasteiger charge is -2.24. The maximum absolute atomic E-state index is 11.9.